The van der Waals surface area contributed by atoms with Gasteiger partial charge in [-0.3, -0.25) is 9.59 Å². The Kier molecular flexibility index (Phi) is 23.5. The zero-order valence-corrected chi connectivity index (χ0v) is 40.3. The van der Waals surface area contributed by atoms with Gasteiger partial charge < -0.3 is 51.5 Å². The molecule has 0 aliphatic heterocycles. The highest BCUT2D eigenvalue weighted by Gasteiger charge is 2.60. The number of allylic oxidation sites excluding steroid dienone is 1. The summed E-state index contributed by atoms with van der Waals surface area (Å²) in [6.07, 6.45) is 18.8. The summed E-state index contributed by atoms with van der Waals surface area (Å²) in [7, 11) is 0. The zero-order valence-electron chi connectivity index (χ0n) is 40.3. The molecule has 0 aromatic heterocycles. The molecule has 4 rings (SSSR count). The maximum absolute atomic E-state index is 14.5. The van der Waals surface area contributed by atoms with Gasteiger partial charge in [-0.05, 0) is 163 Å². The molecule has 8 N–H and O–H groups in total. The first-order valence-corrected chi connectivity index (χ1v) is 25.1. The normalized spacial score (nSPS) is 29.1. The molecule has 0 bridgehead atoms. The number of ketones is 2. The van der Waals surface area contributed by atoms with E-state index in [9.17, 15) is 9.59 Å². The average molecular weight is 876 g/mol. The number of ether oxygens (including phenoxy) is 5. The number of carbonyl (C=O) groups is 2. The summed E-state index contributed by atoms with van der Waals surface area (Å²) in [5.74, 6) is 3.85. The summed E-state index contributed by atoms with van der Waals surface area (Å²) in [6.45, 7) is 21.0. The lowest BCUT2D eigenvalue weighted by Gasteiger charge is -2.58. The lowest BCUT2D eigenvalue weighted by molar-refractivity contribution is -0.179. The molecule has 4 aliphatic carbocycles. The summed E-state index contributed by atoms with van der Waals surface area (Å²) >= 11 is 0. The van der Waals surface area contributed by atoms with E-state index in [2.05, 4.69) is 51.3 Å². The van der Waals surface area contributed by atoms with Crippen LogP contribution in [0.2, 0.25) is 0 Å². The minimum atomic E-state index is -1.78. The van der Waals surface area contributed by atoms with Crippen molar-refractivity contribution < 1.29 is 33.3 Å². The standard InChI is InChI=1S/C50H93N5O7/c1-37(2)11-9-12-38(3)43-15-16-44-42-14-13-40-35-41(17-20-48(40,5)45(42)18-21-49(43,44)6)62-50(39(4)56,36-61-34-33-60-32-31-59-30-29-58-28-23-52)47(57)46(53)19-27-55-25-8-7-24-54-26-10-22-51/h13,37-38,41-46,54-55H,7-12,14-36,51-53H2,1-6H3/t38-,41+,42?,43-,44?,45?,46?,48+,49-,50?/m1/s1. The number of nitrogens with two attached hydrogens (primary N) is 3. The monoisotopic (exact) mass is 876 g/mol. The predicted octanol–water partition coefficient (Wildman–Crippen LogP) is 6.36. The van der Waals surface area contributed by atoms with E-state index in [-0.39, 0.29) is 30.5 Å². The number of carbonyl (C=O) groups excluding carboxylic acids is 2. The molecular weight excluding hydrogens is 783 g/mol. The molecule has 12 nitrogen and oxygen atoms in total. The molecule has 12 heteroatoms. The quantitative estimate of drug-likeness (QED) is 0.0275. The first-order chi connectivity index (χ1) is 29.8. The molecule has 0 aromatic carbocycles. The van der Waals surface area contributed by atoms with Crippen LogP contribution in [0.25, 0.3) is 0 Å². The van der Waals surface area contributed by atoms with Crippen LogP contribution in [0.4, 0.5) is 0 Å². The Morgan fingerprint density at radius 1 is 0.758 bits per heavy atom. The van der Waals surface area contributed by atoms with Crippen molar-refractivity contribution in [1.82, 2.24) is 10.6 Å². The molecule has 0 aromatic rings. The van der Waals surface area contributed by atoms with E-state index in [0.717, 1.165) is 94.2 Å². The number of unbranched alkanes of at least 4 members (excludes halogenated alkanes) is 1. The van der Waals surface area contributed by atoms with Crippen LogP contribution in [-0.2, 0) is 33.3 Å². The second kappa shape index (κ2) is 27.4. The Bertz CT molecular complexity index is 1340. The molecule has 10 atom stereocenters. The fourth-order valence-electron chi connectivity index (χ4n) is 12.2. The lowest BCUT2D eigenvalue weighted by atomic mass is 9.47. The van der Waals surface area contributed by atoms with Crippen molar-refractivity contribution >= 4 is 11.6 Å². The number of hydrogen-bond donors (Lipinski definition) is 5. The van der Waals surface area contributed by atoms with Gasteiger partial charge in [-0.2, -0.15) is 0 Å². The Labute approximate surface area is 377 Å². The van der Waals surface area contributed by atoms with E-state index in [4.69, 9.17) is 40.9 Å². The number of rotatable bonds is 34. The molecule has 360 valence electrons. The third-order valence-corrected chi connectivity index (χ3v) is 15.8. The molecule has 0 heterocycles. The number of nitrogens with one attached hydrogen (secondary N) is 2. The van der Waals surface area contributed by atoms with Crippen LogP contribution >= 0.6 is 0 Å². The highest BCUT2D eigenvalue weighted by atomic mass is 16.6. The van der Waals surface area contributed by atoms with E-state index < -0.39 is 17.4 Å². The Morgan fingerprint density at radius 2 is 1.40 bits per heavy atom. The van der Waals surface area contributed by atoms with Gasteiger partial charge in [0, 0.05) is 6.54 Å². The van der Waals surface area contributed by atoms with Crippen LogP contribution in [0.3, 0.4) is 0 Å². The summed E-state index contributed by atoms with van der Waals surface area (Å²) in [5.41, 5.74) is 17.9. The minimum Gasteiger partial charge on any atom is -0.378 e. The van der Waals surface area contributed by atoms with Gasteiger partial charge in [-0.25, -0.2) is 0 Å². The van der Waals surface area contributed by atoms with Gasteiger partial charge in [0.2, 0.25) is 5.60 Å². The smallest absolute Gasteiger partial charge is 0.209 e. The summed E-state index contributed by atoms with van der Waals surface area (Å²) < 4.78 is 29.6. The molecule has 5 unspecified atom stereocenters. The highest BCUT2D eigenvalue weighted by molar-refractivity contribution is 6.11. The van der Waals surface area contributed by atoms with Crippen LogP contribution in [0.15, 0.2) is 11.6 Å². The van der Waals surface area contributed by atoms with Crippen molar-refractivity contribution in [2.45, 2.75) is 156 Å². The molecule has 62 heavy (non-hydrogen) atoms. The maximum Gasteiger partial charge on any atom is 0.209 e. The van der Waals surface area contributed by atoms with Gasteiger partial charge in [-0.15, -0.1) is 0 Å². The highest BCUT2D eigenvalue weighted by Crippen LogP contribution is 2.67. The van der Waals surface area contributed by atoms with E-state index in [1.54, 1.807) is 0 Å². The molecule has 4 aliphatic rings. The molecule has 0 radical (unpaired) electrons. The number of Topliss-reactive ketones (excluding diaryl/α,β-unsaturated/α-hetero) is 2. The lowest BCUT2D eigenvalue weighted by Crippen LogP contribution is -2.60. The van der Waals surface area contributed by atoms with E-state index in [1.807, 2.05) is 0 Å². The summed E-state index contributed by atoms with van der Waals surface area (Å²) in [6, 6.07) is -0.872. The second-order valence-corrected chi connectivity index (χ2v) is 20.4. The second-order valence-electron chi connectivity index (χ2n) is 20.4. The molecule has 0 amide bonds. The number of hydrogen-bond acceptors (Lipinski definition) is 12. The Hall–Kier alpha value is -1.32. The fraction of sp³-hybridized carbons (Fsp3) is 0.920. The molecule has 0 spiro atoms. The zero-order chi connectivity index (χ0) is 45.0. The van der Waals surface area contributed by atoms with Crippen molar-refractivity contribution in [3.05, 3.63) is 11.6 Å². The van der Waals surface area contributed by atoms with Crippen LogP contribution in [0.5, 0.6) is 0 Å². The third-order valence-electron chi connectivity index (χ3n) is 15.8. The number of fused-ring (bicyclic) bond motifs is 5. The van der Waals surface area contributed by atoms with Crippen LogP contribution < -0.4 is 27.8 Å². The molecule has 3 saturated carbocycles. The Morgan fingerprint density at radius 3 is 2.05 bits per heavy atom. The van der Waals surface area contributed by atoms with Gasteiger partial charge in [0.1, 0.15) is 0 Å². The van der Waals surface area contributed by atoms with Gasteiger partial charge in [-0.1, -0.05) is 65.5 Å². The van der Waals surface area contributed by atoms with E-state index in [1.165, 1.54) is 57.4 Å². The SMILES string of the molecule is CC(=O)C(COCCOCCOCCOCCN)(O[C@H]1CC[C@@]2(C)C(=CCC3C2CC[C@@]2(C)C3CC[C@@H]2[C@H](C)CCCC(C)C)C1)C(=O)C(N)CCNCCCCNCCCN. The minimum absolute atomic E-state index is 0.117. The molecule has 0 saturated heterocycles. The summed E-state index contributed by atoms with van der Waals surface area (Å²) in [4.78, 5) is 28.3. The predicted molar refractivity (Wildman–Crippen MR) is 250 cm³/mol. The van der Waals surface area contributed by atoms with Crippen molar-refractivity contribution in [3.63, 3.8) is 0 Å². The topological polar surface area (TPSA) is 182 Å². The van der Waals surface area contributed by atoms with Crippen molar-refractivity contribution in [2.24, 2.45) is 63.5 Å². The van der Waals surface area contributed by atoms with Crippen molar-refractivity contribution in [2.75, 3.05) is 92.1 Å². The van der Waals surface area contributed by atoms with Gasteiger partial charge in [0.15, 0.2) is 11.6 Å². The van der Waals surface area contributed by atoms with Crippen molar-refractivity contribution in [1.29, 1.82) is 0 Å². The summed E-state index contributed by atoms with van der Waals surface area (Å²) in [5, 5.41) is 6.85. The van der Waals surface area contributed by atoms with E-state index >= 15 is 0 Å². The average Bonchev–Trinajstić information content (AvgIpc) is 3.61. The van der Waals surface area contributed by atoms with E-state index in [0.29, 0.717) is 77.0 Å². The Balaban J connectivity index is 1.37. The fourth-order valence-corrected chi connectivity index (χ4v) is 12.2. The molecule has 3 fully saturated rings. The van der Waals surface area contributed by atoms with Crippen LogP contribution in [0.1, 0.15) is 138 Å². The van der Waals surface area contributed by atoms with Crippen molar-refractivity contribution in [3.8, 4) is 0 Å². The first kappa shape index (κ1) is 53.3. The van der Waals surface area contributed by atoms with Crippen LogP contribution in [-0.4, -0.2) is 121 Å². The first-order valence-electron chi connectivity index (χ1n) is 25.1. The van der Waals surface area contributed by atoms with Gasteiger partial charge >= 0.3 is 0 Å². The van der Waals surface area contributed by atoms with Gasteiger partial charge in [0.25, 0.3) is 0 Å². The third kappa shape index (κ3) is 14.8. The largest absolute Gasteiger partial charge is 0.378 e. The van der Waals surface area contributed by atoms with Gasteiger partial charge in [0.05, 0.1) is 65.0 Å². The van der Waals surface area contributed by atoms with Crippen LogP contribution in [0, 0.1) is 46.3 Å². The molecular formula is C50H93N5O7. The maximum atomic E-state index is 14.5.